The first-order chi connectivity index (χ1) is 11.2. The number of amides is 1. The van der Waals surface area contributed by atoms with Crippen LogP contribution in [0.15, 0.2) is 24.3 Å². The van der Waals surface area contributed by atoms with E-state index in [1.165, 1.54) is 24.1 Å². The zero-order valence-electron chi connectivity index (χ0n) is 14.2. The van der Waals surface area contributed by atoms with Gasteiger partial charge in [-0.05, 0) is 63.2 Å². The number of anilines is 1. The first-order valence-corrected chi connectivity index (χ1v) is 9.06. The fourth-order valence-electron chi connectivity index (χ4n) is 3.88. The minimum Gasteiger partial charge on any atom is -0.367 e. The summed E-state index contributed by atoms with van der Waals surface area (Å²) in [5.41, 5.74) is 2.76. The minimum absolute atomic E-state index is 0.212. The third-order valence-corrected chi connectivity index (χ3v) is 5.26. The van der Waals surface area contributed by atoms with Crippen LogP contribution in [0.1, 0.15) is 38.2 Å². The topological polar surface area (TPSA) is 44.4 Å². The standard InChI is InChI=1S/C19H29N3O/c1-15-14-17-4-2-3-5-18(17)22(15)13-12-21-19(23)7-6-16-8-10-20-11-9-16/h2-5,15-16,20H,6-14H2,1H3,(H,21,23). The lowest BCUT2D eigenvalue weighted by Crippen LogP contribution is -2.38. The Bertz CT molecular complexity index is 525. The maximum Gasteiger partial charge on any atom is 0.220 e. The van der Waals surface area contributed by atoms with E-state index >= 15 is 0 Å². The Balaban J connectivity index is 1.38. The number of carbonyl (C=O) groups is 1. The van der Waals surface area contributed by atoms with Crippen molar-refractivity contribution >= 4 is 11.6 Å². The highest BCUT2D eigenvalue weighted by atomic mass is 16.1. The van der Waals surface area contributed by atoms with Crippen molar-refractivity contribution in [2.75, 3.05) is 31.1 Å². The van der Waals surface area contributed by atoms with E-state index in [2.05, 4.69) is 46.7 Å². The highest BCUT2D eigenvalue weighted by molar-refractivity contribution is 5.75. The van der Waals surface area contributed by atoms with Crippen LogP contribution in [-0.4, -0.2) is 38.1 Å². The van der Waals surface area contributed by atoms with Crippen LogP contribution in [0.2, 0.25) is 0 Å². The lowest BCUT2D eigenvalue weighted by Gasteiger charge is -2.25. The molecule has 1 amide bonds. The molecule has 1 fully saturated rings. The molecule has 1 atom stereocenters. The van der Waals surface area contributed by atoms with Gasteiger partial charge in [0, 0.05) is 31.2 Å². The number of hydrogen-bond acceptors (Lipinski definition) is 3. The molecule has 0 aliphatic carbocycles. The molecule has 4 heteroatoms. The number of para-hydroxylation sites is 1. The summed E-state index contributed by atoms with van der Waals surface area (Å²) in [7, 11) is 0. The van der Waals surface area contributed by atoms with E-state index in [-0.39, 0.29) is 5.91 Å². The molecule has 0 radical (unpaired) electrons. The lowest BCUT2D eigenvalue weighted by molar-refractivity contribution is -0.121. The molecule has 0 saturated carbocycles. The van der Waals surface area contributed by atoms with Gasteiger partial charge in [-0.15, -0.1) is 0 Å². The van der Waals surface area contributed by atoms with Gasteiger partial charge >= 0.3 is 0 Å². The van der Waals surface area contributed by atoms with Gasteiger partial charge in [-0.3, -0.25) is 4.79 Å². The molecule has 3 rings (SSSR count). The highest BCUT2D eigenvalue weighted by Crippen LogP contribution is 2.31. The van der Waals surface area contributed by atoms with Crippen LogP contribution in [0.3, 0.4) is 0 Å². The zero-order valence-corrected chi connectivity index (χ0v) is 14.2. The fraction of sp³-hybridized carbons (Fsp3) is 0.632. The summed E-state index contributed by atoms with van der Waals surface area (Å²) in [6.45, 7) is 6.12. The molecule has 2 heterocycles. The van der Waals surface area contributed by atoms with Crippen molar-refractivity contribution in [1.29, 1.82) is 0 Å². The van der Waals surface area contributed by atoms with Crippen molar-refractivity contribution in [2.45, 2.75) is 45.1 Å². The van der Waals surface area contributed by atoms with Gasteiger partial charge in [0.25, 0.3) is 0 Å². The average molecular weight is 315 g/mol. The van der Waals surface area contributed by atoms with Crippen LogP contribution in [0.5, 0.6) is 0 Å². The van der Waals surface area contributed by atoms with Crippen LogP contribution in [0.4, 0.5) is 5.69 Å². The van der Waals surface area contributed by atoms with Crippen LogP contribution >= 0.6 is 0 Å². The largest absolute Gasteiger partial charge is 0.367 e. The van der Waals surface area contributed by atoms with E-state index in [9.17, 15) is 4.79 Å². The summed E-state index contributed by atoms with van der Waals surface area (Å²) >= 11 is 0. The molecule has 23 heavy (non-hydrogen) atoms. The van der Waals surface area contributed by atoms with Crippen LogP contribution in [0, 0.1) is 5.92 Å². The summed E-state index contributed by atoms with van der Waals surface area (Å²) in [6.07, 6.45) is 5.26. The van der Waals surface area contributed by atoms with E-state index in [0.717, 1.165) is 44.9 Å². The quantitative estimate of drug-likeness (QED) is 0.847. The van der Waals surface area contributed by atoms with Gasteiger partial charge < -0.3 is 15.5 Å². The molecule has 0 bridgehead atoms. The maximum absolute atomic E-state index is 12.0. The lowest BCUT2D eigenvalue weighted by atomic mass is 9.93. The van der Waals surface area contributed by atoms with Crippen LogP contribution in [-0.2, 0) is 11.2 Å². The number of nitrogens with zero attached hydrogens (tertiary/aromatic N) is 1. The molecule has 1 saturated heterocycles. The fourth-order valence-corrected chi connectivity index (χ4v) is 3.88. The van der Waals surface area contributed by atoms with E-state index in [4.69, 9.17) is 0 Å². The van der Waals surface area contributed by atoms with Gasteiger partial charge in [0.2, 0.25) is 5.91 Å². The van der Waals surface area contributed by atoms with Crippen molar-refractivity contribution in [1.82, 2.24) is 10.6 Å². The van der Waals surface area contributed by atoms with E-state index in [1.807, 2.05) is 0 Å². The van der Waals surface area contributed by atoms with Gasteiger partial charge in [-0.25, -0.2) is 0 Å². The normalized spacial score (nSPS) is 21.3. The predicted octanol–water partition coefficient (Wildman–Crippen LogP) is 2.33. The molecule has 1 unspecified atom stereocenters. The summed E-state index contributed by atoms with van der Waals surface area (Å²) in [6, 6.07) is 9.14. The SMILES string of the molecule is CC1Cc2ccccc2N1CCNC(=O)CCC1CCNCC1. The first kappa shape index (κ1) is 16.3. The highest BCUT2D eigenvalue weighted by Gasteiger charge is 2.24. The summed E-state index contributed by atoms with van der Waals surface area (Å²) < 4.78 is 0. The molecule has 0 aromatic heterocycles. The van der Waals surface area contributed by atoms with E-state index in [0.29, 0.717) is 12.5 Å². The Morgan fingerprint density at radius 3 is 2.91 bits per heavy atom. The third kappa shape index (κ3) is 4.25. The van der Waals surface area contributed by atoms with Gasteiger partial charge in [-0.2, -0.15) is 0 Å². The Hall–Kier alpha value is -1.55. The monoisotopic (exact) mass is 315 g/mol. The number of carbonyl (C=O) groups excluding carboxylic acids is 1. The van der Waals surface area contributed by atoms with Gasteiger partial charge in [0.15, 0.2) is 0 Å². The van der Waals surface area contributed by atoms with Gasteiger partial charge in [-0.1, -0.05) is 18.2 Å². The molecule has 2 aliphatic heterocycles. The van der Waals surface area contributed by atoms with Crippen molar-refractivity contribution in [3.63, 3.8) is 0 Å². The third-order valence-electron chi connectivity index (χ3n) is 5.26. The summed E-state index contributed by atoms with van der Waals surface area (Å²) in [5, 5.41) is 6.48. The summed E-state index contributed by atoms with van der Waals surface area (Å²) in [4.78, 5) is 14.5. The van der Waals surface area contributed by atoms with Crippen LogP contribution < -0.4 is 15.5 Å². The number of nitrogens with one attached hydrogen (secondary N) is 2. The Kier molecular flexibility index (Phi) is 5.55. The van der Waals surface area contributed by atoms with Crippen molar-refractivity contribution < 1.29 is 4.79 Å². The second-order valence-corrected chi connectivity index (χ2v) is 6.96. The van der Waals surface area contributed by atoms with E-state index in [1.54, 1.807) is 0 Å². The molecule has 126 valence electrons. The number of piperidine rings is 1. The van der Waals surface area contributed by atoms with Crippen molar-refractivity contribution in [3.05, 3.63) is 29.8 Å². The maximum atomic E-state index is 12.0. The van der Waals surface area contributed by atoms with E-state index < -0.39 is 0 Å². The predicted molar refractivity (Wildman–Crippen MR) is 94.8 cm³/mol. The van der Waals surface area contributed by atoms with Gasteiger partial charge in [0.1, 0.15) is 0 Å². The van der Waals surface area contributed by atoms with Crippen LogP contribution in [0.25, 0.3) is 0 Å². The molecular weight excluding hydrogens is 286 g/mol. The summed E-state index contributed by atoms with van der Waals surface area (Å²) in [5.74, 6) is 0.941. The molecular formula is C19H29N3O. The number of benzene rings is 1. The van der Waals surface area contributed by atoms with Crippen molar-refractivity contribution in [3.8, 4) is 0 Å². The first-order valence-electron chi connectivity index (χ1n) is 9.06. The molecule has 4 nitrogen and oxygen atoms in total. The minimum atomic E-state index is 0.212. The Labute approximate surface area is 139 Å². The molecule has 0 spiro atoms. The molecule has 2 aliphatic rings. The number of fused-ring (bicyclic) bond motifs is 1. The zero-order chi connectivity index (χ0) is 16.1. The van der Waals surface area contributed by atoms with Gasteiger partial charge in [0.05, 0.1) is 0 Å². The smallest absolute Gasteiger partial charge is 0.220 e. The second kappa shape index (κ2) is 7.82. The number of rotatable bonds is 6. The Morgan fingerprint density at radius 1 is 1.30 bits per heavy atom. The molecule has 1 aromatic carbocycles. The molecule has 2 N–H and O–H groups in total. The van der Waals surface area contributed by atoms with Crippen molar-refractivity contribution in [2.24, 2.45) is 5.92 Å². The molecule has 1 aromatic rings. The Morgan fingerprint density at radius 2 is 2.09 bits per heavy atom. The average Bonchev–Trinajstić information content (AvgIpc) is 2.90. The second-order valence-electron chi connectivity index (χ2n) is 6.96. The number of hydrogen-bond donors (Lipinski definition) is 2.